The number of nitrogens with zero attached hydrogens (tertiary/aromatic N) is 3. The number of rotatable bonds is 6. The average Bonchev–Trinajstić information content (AvgIpc) is 3.34. The van der Waals surface area contributed by atoms with Crippen molar-refractivity contribution < 1.29 is 9.53 Å². The van der Waals surface area contributed by atoms with Crippen LogP contribution in [0.5, 0.6) is 5.75 Å². The third kappa shape index (κ3) is 4.53. The zero-order chi connectivity index (χ0) is 21.1. The van der Waals surface area contributed by atoms with E-state index < -0.39 is 0 Å². The molecule has 4 aromatic rings. The van der Waals surface area contributed by atoms with E-state index in [-0.39, 0.29) is 12.5 Å². The van der Waals surface area contributed by atoms with E-state index in [1.165, 1.54) is 11.3 Å². The van der Waals surface area contributed by atoms with Crippen LogP contribution in [0.15, 0.2) is 60.0 Å². The van der Waals surface area contributed by atoms with Crippen molar-refractivity contribution in [1.29, 1.82) is 0 Å². The molecule has 0 radical (unpaired) electrons. The number of carbonyl (C=O) groups is 1. The lowest BCUT2D eigenvalue weighted by molar-refractivity contribution is -0.118. The second kappa shape index (κ2) is 8.69. The molecule has 0 aliphatic carbocycles. The van der Waals surface area contributed by atoms with Gasteiger partial charge in [-0.1, -0.05) is 41.9 Å². The lowest BCUT2D eigenvalue weighted by Crippen LogP contribution is -2.22. The quantitative estimate of drug-likeness (QED) is 0.444. The molecule has 0 atom stereocenters. The molecule has 8 heteroatoms. The molecule has 2 aromatic carbocycles. The minimum atomic E-state index is -0.270. The summed E-state index contributed by atoms with van der Waals surface area (Å²) in [6.07, 6.45) is 0. The van der Waals surface area contributed by atoms with E-state index in [0.29, 0.717) is 21.7 Å². The number of hydrogen-bond acceptors (Lipinski definition) is 5. The van der Waals surface area contributed by atoms with Crippen molar-refractivity contribution in [2.75, 3.05) is 11.9 Å². The summed E-state index contributed by atoms with van der Waals surface area (Å²) in [5.74, 6) is 0.960. The summed E-state index contributed by atoms with van der Waals surface area (Å²) in [4.78, 5) is 17.1. The first-order valence-corrected chi connectivity index (χ1v) is 10.5. The topological polar surface area (TPSA) is 69.0 Å². The minimum Gasteiger partial charge on any atom is -0.483 e. The van der Waals surface area contributed by atoms with E-state index in [9.17, 15) is 4.79 Å². The molecule has 2 heterocycles. The molecule has 2 aromatic heterocycles. The van der Waals surface area contributed by atoms with Gasteiger partial charge in [-0.3, -0.25) is 4.79 Å². The van der Waals surface area contributed by atoms with Crippen LogP contribution in [-0.2, 0) is 4.79 Å². The van der Waals surface area contributed by atoms with E-state index in [0.717, 1.165) is 22.5 Å². The zero-order valence-electron chi connectivity index (χ0n) is 16.4. The summed E-state index contributed by atoms with van der Waals surface area (Å²) in [6, 6.07) is 16.9. The second-order valence-corrected chi connectivity index (χ2v) is 7.98. The van der Waals surface area contributed by atoms with Gasteiger partial charge in [0.15, 0.2) is 6.61 Å². The van der Waals surface area contributed by atoms with Gasteiger partial charge in [-0.15, -0.1) is 11.3 Å². The Labute approximate surface area is 183 Å². The maximum absolute atomic E-state index is 12.4. The van der Waals surface area contributed by atoms with E-state index in [1.54, 1.807) is 10.7 Å². The predicted octanol–water partition coefficient (Wildman–Crippen LogP) is 5.28. The molecule has 0 aliphatic rings. The van der Waals surface area contributed by atoms with Gasteiger partial charge in [-0.2, -0.15) is 9.78 Å². The van der Waals surface area contributed by atoms with Crippen LogP contribution < -0.4 is 10.1 Å². The fourth-order valence-electron chi connectivity index (χ4n) is 2.89. The number of amides is 1. The van der Waals surface area contributed by atoms with Crippen LogP contribution in [0.3, 0.4) is 0 Å². The number of nitrogens with one attached hydrogen (secondary N) is 1. The fraction of sp³-hybridized carbons (Fsp3) is 0.136. The highest BCUT2D eigenvalue weighted by molar-refractivity contribution is 7.12. The van der Waals surface area contributed by atoms with E-state index in [1.807, 2.05) is 67.8 Å². The molecular formula is C22H19ClN4O2S. The molecule has 0 fully saturated rings. The molecule has 0 saturated carbocycles. The third-order valence-electron chi connectivity index (χ3n) is 4.36. The molecule has 0 aliphatic heterocycles. The second-order valence-electron chi connectivity index (χ2n) is 6.71. The molecule has 0 spiro atoms. The van der Waals surface area contributed by atoms with Crippen LogP contribution in [0.1, 0.15) is 11.3 Å². The lowest BCUT2D eigenvalue weighted by atomic mass is 10.2. The number of aryl methyl sites for hydroxylation is 2. The Morgan fingerprint density at radius 1 is 1.17 bits per heavy atom. The first-order chi connectivity index (χ1) is 14.5. The number of hydrogen-bond donors (Lipinski definition) is 1. The van der Waals surface area contributed by atoms with Gasteiger partial charge in [-0.05, 0) is 37.6 Å². The first-order valence-electron chi connectivity index (χ1n) is 9.26. The Hall–Kier alpha value is -3.16. The van der Waals surface area contributed by atoms with Gasteiger partial charge in [0.25, 0.3) is 5.91 Å². The maximum atomic E-state index is 12.4. The molecule has 152 valence electrons. The third-order valence-corrected chi connectivity index (χ3v) is 5.43. The number of carbonyl (C=O) groups excluding carboxylic acids is 1. The van der Waals surface area contributed by atoms with Crippen molar-refractivity contribution >= 4 is 34.7 Å². The van der Waals surface area contributed by atoms with Gasteiger partial charge in [0.05, 0.1) is 11.4 Å². The van der Waals surface area contributed by atoms with Crippen LogP contribution >= 0.6 is 22.9 Å². The Kier molecular flexibility index (Phi) is 5.83. The van der Waals surface area contributed by atoms with Gasteiger partial charge in [0.2, 0.25) is 5.13 Å². The summed E-state index contributed by atoms with van der Waals surface area (Å²) >= 11 is 7.41. The van der Waals surface area contributed by atoms with Crippen LogP contribution in [0.2, 0.25) is 5.02 Å². The lowest BCUT2D eigenvalue weighted by Gasteiger charge is -2.09. The van der Waals surface area contributed by atoms with Gasteiger partial charge < -0.3 is 10.1 Å². The monoisotopic (exact) mass is 438 g/mol. The minimum absolute atomic E-state index is 0.0943. The van der Waals surface area contributed by atoms with Crippen molar-refractivity contribution in [1.82, 2.24) is 14.8 Å². The summed E-state index contributed by atoms with van der Waals surface area (Å²) in [7, 11) is 0. The molecule has 1 N–H and O–H groups in total. The molecule has 30 heavy (non-hydrogen) atoms. The van der Waals surface area contributed by atoms with Gasteiger partial charge in [0.1, 0.15) is 11.6 Å². The number of aromatic nitrogens is 3. The van der Waals surface area contributed by atoms with Crippen LogP contribution in [0.25, 0.3) is 16.4 Å². The van der Waals surface area contributed by atoms with Gasteiger partial charge in [-0.25, -0.2) is 4.98 Å². The standard InChI is InChI=1S/C22H19ClN4O2S/c1-14-5-3-4-6-19(14)29-12-21(28)25-20-11-15(2)26-27(20)22-24-18(13-30-22)16-7-9-17(23)10-8-16/h3-11,13H,12H2,1-2H3,(H,25,28). The largest absolute Gasteiger partial charge is 0.483 e. The molecule has 6 nitrogen and oxygen atoms in total. The molecule has 0 saturated heterocycles. The van der Waals surface area contributed by atoms with Crippen molar-refractivity contribution in [3.05, 3.63) is 76.3 Å². The van der Waals surface area contributed by atoms with Crippen LogP contribution in [0, 0.1) is 13.8 Å². The molecule has 1 amide bonds. The number of ether oxygens (including phenoxy) is 1. The highest BCUT2D eigenvalue weighted by atomic mass is 35.5. The van der Waals surface area contributed by atoms with Crippen molar-refractivity contribution in [3.63, 3.8) is 0 Å². The Balaban J connectivity index is 1.49. The molecule has 0 unspecified atom stereocenters. The number of halogens is 1. The van der Waals surface area contributed by atoms with Crippen molar-refractivity contribution in [3.8, 4) is 22.1 Å². The molecular weight excluding hydrogens is 420 g/mol. The maximum Gasteiger partial charge on any atom is 0.263 e. The molecule has 0 bridgehead atoms. The van der Waals surface area contributed by atoms with Gasteiger partial charge in [0, 0.05) is 22.0 Å². The first kappa shape index (κ1) is 20.1. The van der Waals surface area contributed by atoms with Crippen LogP contribution in [-0.4, -0.2) is 27.3 Å². The van der Waals surface area contributed by atoms with Crippen molar-refractivity contribution in [2.24, 2.45) is 0 Å². The van der Waals surface area contributed by atoms with E-state index >= 15 is 0 Å². The fourth-order valence-corrected chi connectivity index (χ4v) is 3.81. The number of benzene rings is 2. The highest BCUT2D eigenvalue weighted by Gasteiger charge is 2.15. The summed E-state index contributed by atoms with van der Waals surface area (Å²) in [6.45, 7) is 3.71. The summed E-state index contributed by atoms with van der Waals surface area (Å²) in [5, 5.41) is 10.6. The SMILES string of the molecule is Cc1cc(NC(=O)COc2ccccc2C)n(-c2nc(-c3ccc(Cl)cc3)cs2)n1. The smallest absolute Gasteiger partial charge is 0.263 e. The zero-order valence-corrected chi connectivity index (χ0v) is 18.0. The number of anilines is 1. The van der Waals surface area contributed by atoms with Gasteiger partial charge >= 0.3 is 0 Å². The predicted molar refractivity (Wildman–Crippen MR) is 120 cm³/mol. The normalized spacial score (nSPS) is 10.8. The summed E-state index contributed by atoms with van der Waals surface area (Å²) < 4.78 is 7.26. The Morgan fingerprint density at radius 2 is 1.93 bits per heavy atom. The highest BCUT2D eigenvalue weighted by Crippen LogP contribution is 2.27. The van der Waals surface area contributed by atoms with E-state index in [2.05, 4.69) is 15.4 Å². The number of thiazole rings is 1. The Bertz CT molecular complexity index is 1180. The number of para-hydroxylation sites is 1. The Morgan fingerprint density at radius 3 is 2.70 bits per heavy atom. The average molecular weight is 439 g/mol. The summed E-state index contributed by atoms with van der Waals surface area (Å²) in [5.41, 5.74) is 3.53. The van der Waals surface area contributed by atoms with E-state index in [4.69, 9.17) is 16.3 Å². The molecule has 4 rings (SSSR count). The van der Waals surface area contributed by atoms with Crippen LogP contribution in [0.4, 0.5) is 5.82 Å². The van der Waals surface area contributed by atoms with Crippen molar-refractivity contribution in [2.45, 2.75) is 13.8 Å².